The van der Waals surface area contributed by atoms with Crippen molar-refractivity contribution in [2.75, 3.05) is 0 Å². The summed E-state index contributed by atoms with van der Waals surface area (Å²) in [5.74, 6) is 1.22. The summed E-state index contributed by atoms with van der Waals surface area (Å²) in [5.41, 5.74) is -1.03. The lowest BCUT2D eigenvalue weighted by atomic mass is 9.59. The van der Waals surface area contributed by atoms with E-state index >= 15 is 0 Å². The third kappa shape index (κ3) is 1.21. The summed E-state index contributed by atoms with van der Waals surface area (Å²) in [6.07, 6.45) is 9.84. The molecular formula is C14H21NO. The van der Waals surface area contributed by atoms with Gasteiger partial charge in [-0.3, -0.25) is 0 Å². The van der Waals surface area contributed by atoms with Crippen LogP contribution in [0.25, 0.3) is 0 Å². The predicted molar refractivity (Wildman–Crippen MR) is 61.5 cm³/mol. The highest BCUT2D eigenvalue weighted by atomic mass is 16.3. The first-order chi connectivity index (χ1) is 7.70. The maximum absolute atomic E-state index is 10.9. The Bertz CT molecular complexity index is 326. The van der Waals surface area contributed by atoms with Crippen LogP contribution in [0.15, 0.2) is 0 Å². The Morgan fingerprint density at radius 3 is 2.38 bits per heavy atom. The largest absolute Gasteiger partial charge is 0.388 e. The van der Waals surface area contributed by atoms with E-state index < -0.39 is 5.60 Å². The summed E-state index contributed by atoms with van der Waals surface area (Å²) in [6.45, 7) is 0. The highest BCUT2D eigenvalue weighted by Gasteiger charge is 2.61. The van der Waals surface area contributed by atoms with Crippen LogP contribution in [0.1, 0.15) is 57.8 Å². The Kier molecular flexibility index (Phi) is 2.30. The van der Waals surface area contributed by atoms with E-state index in [0.29, 0.717) is 5.92 Å². The van der Waals surface area contributed by atoms with Crippen LogP contribution in [-0.4, -0.2) is 10.7 Å². The second-order valence-corrected chi connectivity index (χ2v) is 6.26. The molecule has 3 rings (SSSR count). The molecule has 3 saturated carbocycles. The molecule has 0 heterocycles. The van der Waals surface area contributed by atoms with Gasteiger partial charge in [0.15, 0.2) is 0 Å². The Hall–Kier alpha value is -0.550. The van der Waals surface area contributed by atoms with Crippen molar-refractivity contribution in [3.8, 4) is 6.07 Å². The number of hydrogen-bond acceptors (Lipinski definition) is 2. The molecule has 0 radical (unpaired) electrons. The molecule has 2 heteroatoms. The fraction of sp³-hybridized carbons (Fsp3) is 0.929. The van der Waals surface area contributed by atoms with Crippen LogP contribution in [-0.2, 0) is 0 Å². The maximum Gasteiger partial charge on any atom is 0.0890 e. The quantitative estimate of drug-likeness (QED) is 0.736. The number of fused-ring (bicyclic) bond motifs is 2. The van der Waals surface area contributed by atoms with Gasteiger partial charge in [-0.05, 0) is 43.9 Å². The van der Waals surface area contributed by atoms with Crippen molar-refractivity contribution in [2.45, 2.75) is 63.4 Å². The number of aliphatic hydroxyl groups is 1. The van der Waals surface area contributed by atoms with Crippen molar-refractivity contribution in [1.82, 2.24) is 0 Å². The molecule has 2 bridgehead atoms. The smallest absolute Gasteiger partial charge is 0.0890 e. The molecule has 0 spiro atoms. The zero-order chi connectivity index (χ0) is 11.2. The number of rotatable bonds is 1. The van der Waals surface area contributed by atoms with Gasteiger partial charge < -0.3 is 5.11 Å². The summed E-state index contributed by atoms with van der Waals surface area (Å²) in [5, 5.41) is 20.6. The zero-order valence-corrected chi connectivity index (χ0v) is 9.91. The lowest BCUT2D eigenvalue weighted by Crippen LogP contribution is -2.51. The summed E-state index contributed by atoms with van der Waals surface area (Å²) >= 11 is 0. The standard InChI is InChI=1S/C14H21NO/c15-10-13(9-11-4-5-12(13)8-11)14(16)6-2-1-3-7-14/h11-12,16H,1-9H2. The van der Waals surface area contributed by atoms with Gasteiger partial charge in [-0.2, -0.15) is 5.26 Å². The molecule has 2 nitrogen and oxygen atoms in total. The van der Waals surface area contributed by atoms with Crippen molar-refractivity contribution in [1.29, 1.82) is 5.26 Å². The average Bonchev–Trinajstić information content (AvgIpc) is 2.90. The third-order valence-corrected chi connectivity index (χ3v) is 5.56. The lowest BCUT2D eigenvalue weighted by molar-refractivity contribution is -0.105. The van der Waals surface area contributed by atoms with Crippen LogP contribution in [0.4, 0.5) is 0 Å². The molecule has 3 unspecified atom stereocenters. The Balaban J connectivity index is 1.93. The molecule has 3 fully saturated rings. The minimum Gasteiger partial charge on any atom is -0.388 e. The molecule has 1 N–H and O–H groups in total. The number of nitriles is 1. The second-order valence-electron chi connectivity index (χ2n) is 6.26. The van der Waals surface area contributed by atoms with E-state index in [1.165, 1.54) is 25.7 Å². The van der Waals surface area contributed by atoms with Gasteiger partial charge in [0.05, 0.1) is 17.1 Å². The van der Waals surface area contributed by atoms with Gasteiger partial charge in [-0.25, -0.2) is 0 Å². The van der Waals surface area contributed by atoms with Crippen molar-refractivity contribution in [3.05, 3.63) is 0 Å². The molecule has 88 valence electrons. The van der Waals surface area contributed by atoms with E-state index in [1.807, 2.05) is 0 Å². The van der Waals surface area contributed by atoms with Gasteiger partial charge >= 0.3 is 0 Å². The monoisotopic (exact) mass is 219 g/mol. The Morgan fingerprint density at radius 2 is 1.88 bits per heavy atom. The van der Waals surface area contributed by atoms with E-state index in [1.54, 1.807) is 0 Å². The summed E-state index contributed by atoms with van der Waals surface area (Å²) < 4.78 is 0. The van der Waals surface area contributed by atoms with Crippen LogP contribution >= 0.6 is 0 Å². The first-order valence-electron chi connectivity index (χ1n) is 6.84. The van der Waals surface area contributed by atoms with Gasteiger partial charge in [-0.15, -0.1) is 0 Å². The lowest BCUT2D eigenvalue weighted by Gasteiger charge is -2.47. The average molecular weight is 219 g/mol. The van der Waals surface area contributed by atoms with Crippen molar-refractivity contribution < 1.29 is 5.11 Å². The molecule has 0 aromatic carbocycles. The molecule has 0 amide bonds. The van der Waals surface area contributed by atoms with E-state index in [9.17, 15) is 10.4 Å². The SMILES string of the molecule is N#CC1(C2(O)CCCCC2)CC2CCC1C2. The molecule has 0 aromatic heterocycles. The summed E-state index contributed by atoms with van der Waals surface area (Å²) in [7, 11) is 0. The molecule has 0 saturated heterocycles. The van der Waals surface area contributed by atoms with Gasteiger partial charge in [0.2, 0.25) is 0 Å². The van der Waals surface area contributed by atoms with E-state index in [2.05, 4.69) is 6.07 Å². The zero-order valence-electron chi connectivity index (χ0n) is 9.91. The predicted octanol–water partition coefficient (Wildman–Crippen LogP) is 3.01. The molecule has 3 aliphatic rings. The van der Waals surface area contributed by atoms with Crippen molar-refractivity contribution in [2.24, 2.45) is 17.3 Å². The Morgan fingerprint density at radius 1 is 1.12 bits per heavy atom. The molecule has 0 aromatic rings. The number of hydrogen-bond donors (Lipinski definition) is 1. The second kappa shape index (κ2) is 3.47. The van der Waals surface area contributed by atoms with Crippen LogP contribution in [0, 0.1) is 28.6 Å². The van der Waals surface area contributed by atoms with Crippen LogP contribution in [0.5, 0.6) is 0 Å². The highest BCUT2D eigenvalue weighted by Crippen LogP contribution is 2.62. The first-order valence-corrected chi connectivity index (χ1v) is 6.84. The fourth-order valence-corrected chi connectivity index (χ4v) is 4.72. The molecule has 16 heavy (non-hydrogen) atoms. The topological polar surface area (TPSA) is 44.0 Å². The van der Waals surface area contributed by atoms with Crippen molar-refractivity contribution >= 4 is 0 Å². The third-order valence-electron chi connectivity index (χ3n) is 5.56. The van der Waals surface area contributed by atoms with Gasteiger partial charge in [-0.1, -0.05) is 25.7 Å². The highest BCUT2D eigenvalue weighted by molar-refractivity contribution is 5.20. The normalized spacial score (nSPS) is 45.5. The minimum absolute atomic E-state index is 0.379. The summed E-state index contributed by atoms with van der Waals surface area (Å²) in [6, 6.07) is 2.57. The van der Waals surface area contributed by atoms with Gasteiger partial charge in [0.25, 0.3) is 0 Å². The van der Waals surface area contributed by atoms with Crippen LogP contribution < -0.4 is 0 Å². The molecule has 3 atom stereocenters. The van der Waals surface area contributed by atoms with E-state index in [0.717, 1.165) is 38.0 Å². The van der Waals surface area contributed by atoms with E-state index in [-0.39, 0.29) is 5.41 Å². The van der Waals surface area contributed by atoms with Gasteiger partial charge in [0, 0.05) is 0 Å². The van der Waals surface area contributed by atoms with Gasteiger partial charge in [0.1, 0.15) is 0 Å². The van der Waals surface area contributed by atoms with Crippen molar-refractivity contribution in [3.63, 3.8) is 0 Å². The maximum atomic E-state index is 10.9. The van der Waals surface area contributed by atoms with E-state index in [4.69, 9.17) is 0 Å². The first kappa shape index (κ1) is 10.6. The molecule has 3 aliphatic carbocycles. The molecule has 0 aliphatic heterocycles. The minimum atomic E-state index is -0.653. The number of nitrogens with zero attached hydrogens (tertiary/aromatic N) is 1. The fourth-order valence-electron chi connectivity index (χ4n) is 4.72. The van der Waals surface area contributed by atoms with Crippen LogP contribution in [0.3, 0.4) is 0 Å². The Labute approximate surface area is 97.7 Å². The molecular weight excluding hydrogens is 198 g/mol. The van der Waals surface area contributed by atoms with Crippen LogP contribution in [0.2, 0.25) is 0 Å². The summed E-state index contributed by atoms with van der Waals surface area (Å²) in [4.78, 5) is 0.